The molecule has 1 aromatic rings. The Bertz CT molecular complexity index is 484. The van der Waals surface area contributed by atoms with Crippen molar-refractivity contribution in [3.8, 4) is 5.75 Å². The van der Waals surface area contributed by atoms with Crippen LogP contribution < -0.4 is 10.5 Å². The predicted molar refractivity (Wildman–Crippen MR) is 76.6 cm³/mol. The third-order valence-corrected chi connectivity index (χ3v) is 3.96. The maximum atomic E-state index is 14.3. The van der Waals surface area contributed by atoms with Crippen LogP contribution in [0.4, 0.5) is 4.39 Å². The lowest BCUT2D eigenvalue weighted by Crippen LogP contribution is -2.40. The second-order valence-corrected chi connectivity index (χ2v) is 5.20. The van der Waals surface area contributed by atoms with Crippen molar-refractivity contribution < 1.29 is 9.13 Å². The van der Waals surface area contributed by atoms with Crippen molar-refractivity contribution in [3.63, 3.8) is 0 Å². The summed E-state index contributed by atoms with van der Waals surface area (Å²) in [5, 5.41) is 0. The summed E-state index contributed by atoms with van der Waals surface area (Å²) in [5.41, 5.74) is 7.84. The summed E-state index contributed by atoms with van der Waals surface area (Å²) in [7, 11) is 0. The Balaban J connectivity index is 2.26. The molecule has 0 heterocycles. The van der Waals surface area contributed by atoms with E-state index in [2.05, 4.69) is 13.0 Å². The minimum Gasteiger partial charge on any atom is -0.491 e. The lowest BCUT2D eigenvalue weighted by atomic mass is 9.80. The van der Waals surface area contributed by atoms with E-state index in [0.717, 1.165) is 31.3 Å². The summed E-state index contributed by atoms with van der Waals surface area (Å²) < 4.78 is 19.6. The molecule has 0 fully saturated rings. The van der Waals surface area contributed by atoms with Gasteiger partial charge in [-0.1, -0.05) is 25.1 Å². The highest BCUT2D eigenvalue weighted by Crippen LogP contribution is 2.35. The Morgan fingerprint density at radius 1 is 1.37 bits per heavy atom. The average Bonchev–Trinajstić information content (AvgIpc) is 2.43. The normalized spacial score (nSPS) is 23.1. The zero-order valence-corrected chi connectivity index (χ0v) is 11.7. The fraction of sp³-hybridized carbons (Fsp3) is 0.500. The van der Waals surface area contributed by atoms with Gasteiger partial charge in [0.25, 0.3) is 0 Å². The molecular formula is C16H22FNO. The molecule has 2 rings (SSSR count). The van der Waals surface area contributed by atoms with E-state index in [4.69, 9.17) is 10.5 Å². The van der Waals surface area contributed by atoms with Gasteiger partial charge in [0.05, 0.1) is 6.61 Å². The van der Waals surface area contributed by atoms with Crippen molar-refractivity contribution in [2.24, 2.45) is 5.73 Å². The van der Waals surface area contributed by atoms with E-state index >= 15 is 0 Å². The first kappa shape index (κ1) is 14.1. The molecule has 1 atom stereocenters. The topological polar surface area (TPSA) is 35.2 Å². The highest BCUT2D eigenvalue weighted by atomic mass is 19.1. The number of rotatable bonds is 4. The molecule has 0 saturated carbocycles. The molecule has 0 aliphatic heterocycles. The maximum absolute atomic E-state index is 14.3. The number of halogens is 1. The smallest absolute Gasteiger partial charge is 0.172 e. The largest absolute Gasteiger partial charge is 0.491 e. The first-order valence-corrected chi connectivity index (χ1v) is 6.99. The lowest BCUT2D eigenvalue weighted by Gasteiger charge is -2.31. The molecule has 104 valence electrons. The van der Waals surface area contributed by atoms with Crippen LogP contribution in [0, 0.1) is 5.82 Å². The number of benzene rings is 1. The first-order chi connectivity index (χ1) is 9.09. The zero-order valence-electron chi connectivity index (χ0n) is 11.7. The fourth-order valence-electron chi connectivity index (χ4n) is 2.51. The summed E-state index contributed by atoms with van der Waals surface area (Å²) in [4.78, 5) is 0. The van der Waals surface area contributed by atoms with Gasteiger partial charge >= 0.3 is 0 Å². The minimum absolute atomic E-state index is 0.114. The van der Waals surface area contributed by atoms with Crippen LogP contribution >= 0.6 is 0 Å². The van der Waals surface area contributed by atoms with Crippen molar-refractivity contribution in [1.82, 2.24) is 0 Å². The van der Waals surface area contributed by atoms with E-state index in [9.17, 15) is 4.39 Å². The van der Waals surface area contributed by atoms with Crippen LogP contribution in [-0.4, -0.2) is 12.1 Å². The lowest BCUT2D eigenvalue weighted by molar-refractivity contribution is 0.321. The van der Waals surface area contributed by atoms with Crippen LogP contribution in [-0.2, 0) is 0 Å². The van der Waals surface area contributed by atoms with E-state index < -0.39 is 0 Å². The third kappa shape index (κ3) is 2.98. The summed E-state index contributed by atoms with van der Waals surface area (Å²) >= 11 is 0. The van der Waals surface area contributed by atoms with E-state index in [1.807, 2.05) is 19.1 Å². The molecule has 3 heteroatoms. The van der Waals surface area contributed by atoms with Gasteiger partial charge in [-0.2, -0.15) is 0 Å². The molecular weight excluding hydrogens is 241 g/mol. The van der Waals surface area contributed by atoms with Crippen molar-refractivity contribution in [1.29, 1.82) is 0 Å². The van der Waals surface area contributed by atoms with Crippen molar-refractivity contribution in [2.75, 3.05) is 6.61 Å². The molecule has 0 aromatic heterocycles. The van der Waals surface area contributed by atoms with Gasteiger partial charge in [0.15, 0.2) is 11.6 Å². The van der Waals surface area contributed by atoms with Crippen LogP contribution in [0.2, 0.25) is 0 Å². The molecule has 1 aliphatic carbocycles. The molecule has 1 unspecified atom stereocenters. The molecule has 2 N–H and O–H groups in total. The number of ether oxygens (including phenoxy) is 1. The molecule has 0 bridgehead atoms. The molecule has 0 spiro atoms. The van der Waals surface area contributed by atoms with E-state index in [0.29, 0.717) is 17.9 Å². The van der Waals surface area contributed by atoms with E-state index in [1.54, 1.807) is 6.07 Å². The number of hydrogen-bond donors (Lipinski definition) is 1. The van der Waals surface area contributed by atoms with Crippen LogP contribution in [0.15, 0.2) is 24.3 Å². The Kier molecular flexibility index (Phi) is 4.25. The van der Waals surface area contributed by atoms with Gasteiger partial charge in [-0.05, 0) is 44.2 Å². The van der Waals surface area contributed by atoms with Crippen LogP contribution in [0.1, 0.15) is 45.1 Å². The Morgan fingerprint density at radius 2 is 2.16 bits per heavy atom. The third-order valence-electron chi connectivity index (χ3n) is 3.96. The van der Waals surface area contributed by atoms with Crippen molar-refractivity contribution >= 4 is 5.57 Å². The SMILES string of the molecule is CCOc1cccc(C2=CCC(N)(CC)CC2)c1F. The molecule has 1 aromatic carbocycles. The average molecular weight is 263 g/mol. The highest BCUT2D eigenvalue weighted by molar-refractivity contribution is 5.68. The van der Waals surface area contributed by atoms with Crippen LogP contribution in [0.25, 0.3) is 5.57 Å². The molecule has 2 nitrogen and oxygen atoms in total. The second kappa shape index (κ2) is 5.74. The standard InChI is InChI=1S/C16H22FNO/c1-3-16(18)10-8-12(9-11-16)13-6-5-7-14(15(13)17)19-4-2/h5-8H,3-4,9-11,18H2,1-2H3. The quantitative estimate of drug-likeness (QED) is 0.894. The first-order valence-electron chi connectivity index (χ1n) is 6.99. The van der Waals surface area contributed by atoms with Crippen molar-refractivity contribution in [2.45, 2.75) is 45.1 Å². The summed E-state index contributed by atoms with van der Waals surface area (Å²) in [6.45, 7) is 4.44. The second-order valence-electron chi connectivity index (χ2n) is 5.20. The molecule has 0 amide bonds. The van der Waals surface area contributed by atoms with Gasteiger partial charge in [0, 0.05) is 11.1 Å². The van der Waals surface area contributed by atoms with Crippen LogP contribution in [0.3, 0.4) is 0 Å². The fourth-order valence-corrected chi connectivity index (χ4v) is 2.51. The van der Waals surface area contributed by atoms with Gasteiger partial charge in [-0.15, -0.1) is 0 Å². The number of hydrogen-bond acceptors (Lipinski definition) is 2. The zero-order chi connectivity index (χ0) is 13.9. The Morgan fingerprint density at radius 3 is 2.74 bits per heavy atom. The Hall–Kier alpha value is -1.35. The summed E-state index contributed by atoms with van der Waals surface area (Å²) in [6, 6.07) is 5.33. The van der Waals surface area contributed by atoms with Gasteiger partial charge < -0.3 is 10.5 Å². The molecule has 0 saturated heterocycles. The monoisotopic (exact) mass is 263 g/mol. The molecule has 19 heavy (non-hydrogen) atoms. The molecule has 0 radical (unpaired) electrons. The van der Waals surface area contributed by atoms with Gasteiger partial charge in [0.2, 0.25) is 0 Å². The van der Waals surface area contributed by atoms with E-state index in [-0.39, 0.29) is 11.4 Å². The van der Waals surface area contributed by atoms with Gasteiger partial charge in [-0.3, -0.25) is 0 Å². The highest BCUT2D eigenvalue weighted by Gasteiger charge is 2.26. The number of nitrogens with two attached hydrogens (primary N) is 1. The maximum Gasteiger partial charge on any atom is 0.172 e. The summed E-state index contributed by atoms with van der Waals surface area (Å²) in [5.74, 6) is 0.0811. The van der Waals surface area contributed by atoms with Gasteiger partial charge in [0.1, 0.15) is 0 Å². The summed E-state index contributed by atoms with van der Waals surface area (Å²) in [6.07, 6.45) is 5.60. The number of allylic oxidation sites excluding steroid dienone is 1. The van der Waals surface area contributed by atoms with Gasteiger partial charge in [-0.25, -0.2) is 4.39 Å². The molecule has 1 aliphatic rings. The van der Waals surface area contributed by atoms with Crippen LogP contribution in [0.5, 0.6) is 5.75 Å². The van der Waals surface area contributed by atoms with Crippen molar-refractivity contribution in [3.05, 3.63) is 35.7 Å². The minimum atomic E-state index is -0.253. The predicted octanol–water partition coefficient (Wildman–Crippen LogP) is 3.90. The van der Waals surface area contributed by atoms with E-state index in [1.165, 1.54) is 0 Å². The Labute approximate surface area is 114 Å².